The Labute approximate surface area is 210 Å². The van der Waals surface area contributed by atoms with E-state index in [0.29, 0.717) is 12.1 Å². The Balaban J connectivity index is 0.000000426. The summed E-state index contributed by atoms with van der Waals surface area (Å²) in [6.45, 7) is 0.482. The largest absolute Gasteiger partial charge is 0.490 e. The number of fused-ring (bicyclic) bond motifs is 1. The Morgan fingerprint density at radius 1 is 0.816 bits per heavy atom. The van der Waals surface area contributed by atoms with Crippen LogP contribution in [0.15, 0.2) is 65.8 Å². The summed E-state index contributed by atoms with van der Waals surface area (Å²) in [4.78, 5) is 30.2. The lowest BCUT2D eigenvalue weighted by atomic mass is 10.0. The molecule has 0 aliphatic carbocycles. The Kier molecular flexibility index (Phi) is 11.2. The van der Waals surface area contributed by atoms with Crippen LogP contribution in [0.1, 0.15) is 21.5 Å². The number of amides is 1. The lowest BCUT2D eigenvalue weighted by molar-refractivity contribution is -0.193. The van der Waals surface area contributed by atoms with Crippen LogP contribution in [0.25, 0.3) is 10.8 Å². The van der Waals surface area contributed by atoms with Crippen molar-refractivity contribution < 1.29 is 50.9 Å². The van der Waals surface area contributed by atoms with Crippen molar-refractivity contribution in [1.82, 2.24) is 0 Å². The van der Waals surface area contributed by atoms with Gasteiger partial charge in [0, 0.05) is 17.8 Å². The van der Waals surface area contributed by atoms with Gasteiger partial charge >= 0.3 is 24.3 Å². The molecule has 0 fully saturated rings. The highest BCUT2D eigenvalue weighted by atomic mass is 19.4. The van der Waals surface area contributed by atoms with Crippen LogP contribution in [0.3, 0.4) is 0 Å². The fraction of sp³-hybridized carbons (Fsp3) is 0.130. The number of alkyl halides is 6. The molecule has 15 heteroatoms. The van der Waals surface area contributed by atoms with Crippen LogP contribution in [0.2, 0.25) is 0 Å². The van der Waals surface area contributed by atoms with Crippen LogP contribution in [0.5, 0.6) is 0 Å². The summed E-state index contributed by atoms with van der Waals surface area (Å²) in [6.07, 6.45) is -8.58. The summed E-state index contributed by atoms with van der Waals surface area (Å²) in [6, 6.07) is 18.9. The molecule has 0 aliphatic heterocycles. The standard InChI is InChI=1S/C19H18N4O.2C2HF3O2/c20-11-13-2-7-18(8-3-13)23-19(24)17-6-5-15-9-14(12-22-21)1-4-16(15)10-17;2*3-2(4,5)1(6)7/h1-10,12H,11,20-21H2,(H,23,24);2*(H,6,7)/b22-12-;;. The number of nitrogens with zero attached hydrogens (tertiary/aromatic N) is 1. The molecule has 0 heterocycles. The number of carboxylic acids is 2. The maximum atomic E-state index is 12.4. The molecule has 1 amide bonds. The number of anilines is 1. The first-order valence-electron chi connectivity index (χ1n) is 10.1. The number of carbonyl (C=O) groups excluding carboxylic acids is 1. The number of aliphatic carboxylic acids is 2. The van der Waals surface area contributed by atoms with E-state index in [1.54, 1.807) is 12.3 Å². The molecular formula is C23H20F6N4O5. The molecule has 0 saturated heterocycles. The molecule has 0 aromatic heterocycles. The minimum atomic E-state index is -5.08. The number of hydrogen-bond acceptors (Lipinski definition) is 6. The molecule has 3 rings (SSSR count). The van der Waals surface area contributed by atoms with E-state index >= 15 is 0 Å². The number of halogens is 6. The summed E-state index contributed by atoms with van der Waals surface area (Å²) in [5, 5.41) is 22.7. The van der Waals surface area contributed by atoms with Crippen LogP contribution in [0.4, 0.5) is 32.0 Å². The molecule has 0 aliphatic rings. The SMILES string of the molecule is NCc1ccc(NC(=O)c2ccc3cc(/C=N\N)ccc3c2)cc1.O=C(O)C(F)(F)F.O=C(O)C(F)(F)F. The third-order valence-corrected chi connectivity index (χ3v) is 4.28. The topological polar surface area (TPSA) is 168 Å². The van der Waals surface area contributed by atoms with Gasteiger partial charge in [0.2, 0.25) is 0 Å². The van der Waals surface area contributed by atoms with Gasteiger partial charge in [-0.1, -0.05) is 30.3 Å². The summed E-state index contributed by atoms with van der Waals surface area (Å²) in [7, 11) is 0. The number of benzene rings is 3. The molecule has 3 aromatic rings. The summed E-state index contributed by atoms with van der Waals surface area (Å²) in [5.74, 6) is -0.493. The third-order valence-electron chi connectivity index (χ3n) is 4.28. The maximum Gasteiger partial charge on any atom is 0.490 e. The first kappa shape index (κ1) is 31.4. The van der Waals surface area contributed by atoms with Crippen LogP contribution >= 0.6 is 0 Å². The van der Waals surface area contributed by atoms with Gasteiger partial charge in [-0.15, -0.1) is 0 Å². The Bertz CT molecular complexity index is 1270. The van der Waals surface area contributed by atoms with Gasteiger partial charge in [0.05, 0.1) is 6.21 Å². The second-order valence-corrected chi connectivity index (χ2v) is 7.06. The average Bonchev–Trinajstić information content (AvgIpc) is 2.84. The van der Waals surface area contributed by atoms with E-state index in [9.17, 15) is 31.1 Å². The highest BCUT2D eigenvalue weighted by Crippen LogP contribution is 2.19. The zero-order chi connectivity index (χ0) is 29.1. The zero-order valence-electron chi connectivity index (χ0n) is 19.0. The van der Waals surface area contributed by atoms with Crippen molar-refractivity contribution in [2.24, 2.45) is 16.7 Å². The molecular weight excluding hydrogens is 526 g/mol. The molecule has 3 aromatic carbocycles. The first-order chi connectivity index (χ1) is 17.6. The highest BCUT2D eigenvalue weighted by molar-refractivity contribution is 6.06. The van der Waals surface area contributed by atoms with Gasteiger partial charge in [0.25, 0.3) is 5.91 Å². The van der Waals surface area contributed by atoms with Gasteiger partial charge in [-0.2, -0.15) is 31.4 Å². The molecule has 0 bridgehead atoms. The molecule has 0 atom stereocenters. The van der Waals surface area contributed by atoms with Crippen molar-refractivity contribution in [1.29, 1.82) is 0 Å². The Morgan fingerprint density at radius 3 is 1.74 bits per heavy atom. The summed E-state index contributed by atoms with van der Waals surface area (Å²) >= 11 is 0. The minimum Gasteiger partial charge on any atom is -0.475 e. The van der Waals surface area contributed by atoms with E-state index in [2.05, 4.69) is 10.4 Å². The van der Waals surface area contributed by atoms with Crippen LogP contribution in [-0.2, 0) is 16.1 Å². The molecule has 9 nitrogen and oxygen atoms in total. The first-order valence-corrected chi connectivity index (χ1v) is 10.1. The average molecular weight is 546 g/mol. The molecule has 0 unspecified atom stereocenters. The van der Waals surface area contributed by atoms with E-state index in [1.165, 1.54) is 0 Å². The van der Waals surface area contributed by atoms with Crippen molar-refractivity contribution in [2.75, 3.05) is 5.32 Å². The molecule has 0 radical (unpaired) electrons. The van der Waals surface area contributed by atoms with Gasteiger partial charge in [-0.25, -0.2) is 9.59 Å². The molecule has 204 valence electrons. The van der Waals surface area contributed by atoms with Crippen molar-refractivity contribution in [3.05, 3.63) is 77.4 Å². The van der Waals surface area contributed by atoms with E-state index in [1.807, 2.05) is 54.6 Å². The smallest absolute Gasteiger partial charge is 0.475 e. The van der Waals surface area contributed by atoms with Gasteiger partial charge in [-0.3, -0.25) is 4.79 Å². The van der Waals surface area contributed by atoms with Crippen molar-refractivity contribution >= 4 is 40.5 Å². The maximum absolute atomic E-state index is 12.4. The quantitative estimate of drug-likeness (QED) is 0.142. The number of hydrogen-bond donors (Lipinski definition) is 5. The number of hydrazone groups is 1. The Morgan fingerprint density at radius 2 is 1.29 bits per heavy atom. The highest BCUT2D eigenvalue weighted by Gasteiger charge is 2.38. The number of rotatable bonds is 4. The second-order valence-electron chi connectivity index (χ2n) is 7.06. The number of carbonyl (C=O) groups is 3. The molecule has 0 saturated carbocycles. The zero-order valence-corrected chi connectivity index (χ0v) is 19.0. The summed E-state index contributed by atoms with van der Waals surface area (Å²) < 4.78 is 63.5. The minimum absolute atomic E-state index is 0.148. The van der Waals surface area contributed by atoms with Crippen molar-refractivity contribution in [3.8, 4) is 0 Å². The van der Waals surface area contributed by atoms with Crippen LogP contribution in [0, 0.1) is 0 Å². The van der Waals surface area contributed by atoms with E-state index in [0.717, 1.165) is 27.6 Å². The number of nitrogens with one attached hydrogen (secondary N) is 1. The molecule has 0 spiro atoms. The Hall–Kier alpha value is -4.66. The monoisotopic (exact) mass is 546 g/mol. The number of nitrogens with two attached hydrogens (primary N) is 2. The molecule has 38 heavy (non-hydrogen) atoms. The van der Waals surface area contributed by atoms with E-state index < -0.39 is 24.3 Å². The van der Waals surface area contributed by atoms with Crippen LogP contribution in [-0.4, -0.2) is 46.6 Å². The van der Waals surface area contributed by atoms with Gasteiger partial charge in [0.15, 0.2) is 0 Å². The second kappa shape index (κ2) is 13.6. The van der Waals surface area contributed by atoms with Gasteiger partial charge in [-0.05, 0) is 52.2 Å². The fourth-order valence-electron chi connectivity index (χ4n) is 2.50. The number of carboxylic acid groups (broad SMARTS) is 2. The predicted molar refractivity (Wildman–Crippen MR) is 125 cm³/mol. The fourth-order valence-corrected chi connectivity index (χ4v) is 2.50. The molecule has 7 N–H and O–H groups in total. The van der Waals surface area contributed by atoms with Gasteiger partial charge in [0.1, 0.15) is 0 Å². The van der Waals surface area contributed by atoms with Gasteiger partial charge < -0.3 is 27.1 Å². The normalized spacial score (nSPS) is 11.1. The van der Waals surface area contributed by atoms with E-state index in [4.69, 9.17) is 31.4 Å². The van der Waals surface area contributed by atoms with Crippen LogP contribution < -0.4 is 16.9 Å². The van der Waals surface area contributed by atoms with Crippen molar-refractivity contribution in [2.45, 2.75) is 18.9 Å². The van der Waals surface area contributed by atoms with Crippen molar-refractivity contribution in [3.63, 3.8) is 0 Å². The summed E-state index contributed by atoms with van der Waals surface area (Å²) in [5.41, 5.74) is 8.86. The predicted octanol–water partition coefficient (Wildman–Crippen LogP) is 4.11. The third kappa shape index (κ3) is 10.5. The van der Waals surface area contributed by atoms with E-state index in [-0.39, 0.29) is 5.91 Å². The lowest BCUT2D eigenvalue weighted by Gasteiger charge is -2.07. The lowest BCUT2D eigenvalue weighted by Crippen LogP contribution is -2.21.